The maximum atomic E-state index is 13.3. The van der Waals surface area contributed by atoms with Crippen LogP contribution in [0.25, 0.3) is 0 Å². The fraction of sp³-hybridized carbons (Fsp3) is 0.407. The maximum absolute atomic E-state index is 13.3. The normalized spacial score (nSPS) is 25.2. The Bertz CT molecular complexity index is 1430. The number of hydrogen-bond acceptors (Lipinski definition) is 7. The molecule has 0 atom stereocenters. The van der Waals surface area contributed by atoms with Gasteiger partial charge in [0.25, 0.3) is 11.6 Å². The van der Waals surface area contributed by atoms with Crippen LogP contribution in [0.1, 0.15) is 54.6 Å². The Morgan fingerprint density at radius 3 is 2.29 bits per heavy atom. The number of rotatable bonds is 7. The Morgan fingerprint density at radius 1 is 1.00 bits per heavy atom. The van der Waals surface area contributed by atoms with Crippen LogP contribution in [0, 0.1) is 44.9 Å². The van der Waals surface area contributed by atoms with Crippen molar-refractivity contribution in [1.82, 2.24) is 9.78 Å². The van der Waals surface area contributed by atoms with E-state index in [0.29, 0.717) is 23.5 Å². The molecule has 4 aliphatic rings. The van der Waals surface area contributed by atoms with Gasteiger partial charge < -0.3 is 10.1 Å². The van der Waals surface area contributed by atoms with Gasteiger partial charge in [-0.3, -0.25) is 29.7 Å². The molecule has 3 aromatic rings. The summed E-state index contributed by atoms with van der Waals surface area (Å²) in [5.41, 5.74) is -0.246. The van der Waals surface area contributed by atoms with Crippen LogP contribution in [0.2, 0.25) is 0 Å². The summed E-state index contributed by atoms with van der Waals surface area (Å²) < 4.78 is 7.47. The molecular weight excluding hydrogens is 490 g/mol. The first-order valence-electron chi connectivity index (χ1n) is 12.8. The molecule has 11 heteroatoms. The second-order valence-corrected chi connectivity index (χ2v) is 11.1. The monoisotopic (exact) mass is 517 g/mol. The number of aromatic nitrogens is 2. The van der Waals surface area contributed by atoms with Gasteiger partial charge >= 0.3 is 5.69 Å². The summed E-state index contributed by atoms with van der Waals surface area (Å²) in [7, 11) is 0. The third kappa shape index (κ3) is 4.37. The van der Waals surface area contributed by atoms with Crippen molar-refractivity contribution >= 4 is 23.0 Å². The number of ether oxygens (including phenoxy) is 1. The van der Waals surface area contributed by atoms with Crippen LogP contribution in [0.3, 0.4) is 0 Å². The number of nitrogens with zero attached hydrogens (tertiary/aromatic N) is 4. The zero-order valence-corrected chi connectivity index (χ0v) is 20.8. The molecule has 4 aliphatic carbocycles. The predicted octanol–water partition coefficient (Wildman–Crippen LogP) is 5.98. The van der Waals surface area contributed by atoms with E-state index in [1.165, 1.54) is 43.7 Å². The SMILES string of the molecule is Cc1cccc(Oc2cc(NC(=O)c3nn(C45CC6CC(CC(C6)C4)C5)cc3[N+](=O)[O-])cc([N+](=O)[O-])c2)c1. The quantitative estimate of drug-likeness (QED) is 0.300. The van der Waals surface area contributed by atoms with Crippen LogP contribution in [-0.4, -0.2) is 25.5 Å². The van der Waals surface area contributed by atoms with Gasteiger partial charge in [-0.1, -0.05) is 12.1 Å². The Kier molecular flexibility index (Phi) is 5.66. The molecule has 38 heavy (non-hydrogen) atoms. The summed E-state index contributed by atoms with van der Waals surface area (Å²) in [5, 5.41) is 30.5. The third-order valence-corrected chi connectivity index (χ3v) is 8.18. The van der Waals surface area contributed by atoms with E-state index in [9.17, 15) is 25.0 Å². The molecule has 7 rings (SSSR count). The third-order valence-electron chi connectivity index (χ3n) is 8.18. The zero-order chi connectivity index (χ0) is 26.6. The number of amides is 1. The zero-order valence-electron chi connectivity index (χ0n) is 20.8. The average Bonchev–Trinajstić information content (AvgIpc) is 3.30. The summed E-state index contributed by atoms with van der Waals surface area (Å²) in [6.45, 7) is 1.89. The maximum Gasteiger partial charge on any atom is 0.320 e. The van der Waals surface area contributed by atoms with Crippen molar-refractivity contribution in [1.29, 1.82) is 0 Å². The smallest absolute Gasteiger partial charge is 0.320 e. The lowest BCUT2D eigenvalue weighted by Crippen LogP contribution is -2.52. The molecule has 0 spiro atoms. The molecule has 1 N–H and O–H groups in total. The fourth-order valence-electron chi connectivity index (χ4n) is 7.07. The molecule has 0 aliphatic heterocycles. The van der Waals surface area contributed by atoms with Crippen LogP contribution in [0.4, 0.5) is 17.1 Å². The van der Waals surface area contributed by atoms with Gasteiger partial charge in [-0.05, 0) is 80.9 Å². The molecule has 1 aromatic heterocycles. The van der Waals surface area contributed by atoms with Crippen molar-refractivity contribution in [3.8, 4) is 11.5 Å². The highest BCUT2D eigenvalue weighted by Gasteiger charge is 2.53. The van der Waals surface area contributed by atoms with Gasteiger partial charge in [-0.15, -0.1) is 0 Å². The largest absolute Gasteiger partial charge is 0.457 e. The molecule has 11 nitrogen and oxygen atoms in total. The Morgan fingerprint density at radius 2 is 1.68 bits per heavy atom. The highest BCUT2D eigenvalue weighted by atomic mass is 16.6. The minimum Gasteiger partial charge on any atom is -0.457 e. The number of aryl methyl sites for hydroxylation is 1. The summed E-state index contributed by atoms with van der Waals surface area (Å²) >= 11 is 0. The van der Waals surface area contributed by atoms with Gasteiger partial charge in [-0.2, -0.15) is 5.10 Å². The van der Waals surface area contributed by atoms with Crippen LogP contribution < -0.4 is 10.1 Å². The van der Waals surface area contributed by atoms with Gasteiger partial charge in [0.1, 0.15) is 17.7 Å². The lowest BCUT2D eigenvalue weighted by atomic mass is 9.53. The van der Waals surface area contributed by atoms with E-state index >= 15 is 0 Å². The molecule has 1 heterocycles. The molecule has 4 bridgehead atoms. The highest BCUT2D eigenvalue weighted by molar-refractivity contribution is 6.05. The molecular formula is C27H27N5O6. The van der Waals surface area contributed by atoms with E-state index < -0.39 is 15.8 Å². The Labute approximate surface area is 218 Å². The van der Waals surface area contributed by atoms with Gasteiger partial charge in [0, 0.05) is 12.1 Å². The summed E-state index contributed by atoms with van der Waals surface area (Å²) in [5.74, 6) is 1.61. The van der Waals surface area contributed by atoms with Crippen LogP contribution in [0.15, 0.2) is 48.7 Å². The standard InChI is InChI=1S/C27H27N5O6/c1-16-3-2-4-22(5-16)38-23-10-20(9-21(11-23)31(34)35)28-26(33)25-24(32(36)37)15-30(29-25)27-12-17-6-18(13-27)8-19(7-17)14-27/h2-5,9-11,15,17-19H,6-8,12-14H2,1H3,(H,28,33). The van der Waals surface area contributed by atoms with Crippen molar-refractivity contribution < 1.29 is 19.4 Å². The Balaban J connectivity index is 1.30. The van der Waals surface area contributed by atoms with Crippen LogP contribution in [-0.2, 0) is 5.54 Å². The molecule has 0 saturated heterocycles. The van der Waals surface area contributed by atoms with E-state index in [2.05, 4.69) is 10.4 Å². The summed E-state index contributed by atoms with van der Waals surface area (Å²) in [4.78, 5) is 35.5. The van der Waals surface area contributed by atoms with E-state index in [1.54, 1.807) is 22.9 Å². The lowest BCUT2D eigenvalue weighted by Gasteiger charge is -2.56. The van der Waals surface area contributed by atoms with Gasteiger partial charge in [0.2, 0.25) is 5.69 Å². The van der Waals surface area contributed by atoms with Crippen molar-refractivity contribution in [2.45, 2.75) is 51.0 Å². The number of hydrogen-bond donors (Lipinski definition) is 1. The molecule has 196 valence electrons. The summed E-state index contributed by atoms with van der Waals surface area (Å²) in [6.07, 6.45) is 7.76. The molecule has 4 fully saturated rings. The van der Waals surface area contributed by atoms with Crippen molar-refractivity contribution in [2.24, 2.45) is 17.8 Å². The van der Waals surface area contributed by atoms with E-state index in [1.807, 2.05) is 13.0 Å². The molecule has 4 saturated carbocycles. The van der Waals surface area contributed by atoms with E-state index in [4.69, 9.17) is 4.74 Å². The second-order valence-electron chi connectivity index (χ2n) is 11.1. The minimum atomic E-state index is -0.804. The number of nitro benzene ring substituents is 1. The molecule has 2 aromatic carbocycles. The highest BCUT2D eigenvalue weighted by Crippen LogP contribution is 2.58. The van der Waals surface area contributed by atoms with E-state index in [0.717, 1.165) is 24.8 Å². The summed E-state index contributed by atoms with van der Waals surface area (Å²) in [6, 6.07) is 11.0. The fourth-order valence-corrected chi connectivity index (χ4v) is 7.07. The average molecular weight is 518 g/mol. The Hall–Kier alpha value is -4.28. The minimum absolute atomic E-state index is 0.0745. The molecule has 0 unspecified atom stereocenters. The number of carbonyl (C=O) groups is 1. The first-order valence-corrected chi connectivity index (χ1v) is 12.8. The van der Waals surface area contributed by atoms with Crippen LogP contribution in [0.5, 0.6) is 11.5 Å². The predicted molar refractivity (Wildman–Crippen MR) is 137 cm³/mol. The molecule has 1 amide bonds. The van der Waals surface area contributed by atoms with Crippen molar-refractivity contribution in [3.05, 3.63) is 80.1 Å². The number of nitrogens with one attached hydrogen (secondary N) is 1. The van der Waals surface area contributed by atoms with Gasteiger partial charge in [0.15, 0.2) is 0 Å². The van der Waals surface area contributed by atoms with Crippen molar-refractivity contribution in [2.75, 3.05) is 5.32 Å². The van der Waals surface area contributed by atoms with Crippen molar-refractivity contribution in [3.63, 3.8) is 0 Å². The number of non-ortho nitro benzene ring substituents is 1. The number of benzene rings is 2. The first kappa shape index (κ1) is 24.1. The lowest BCUT2D eigenvalue weighted by molar-refractivity contribution is -0.385. The first-order chi connectivity index (χ1) is 18.2. The number of anilines is 1. The van der Waals surface area contributed by atoms with Gasteiger partial charge in [0.05, 0.1) is 27.1 Å². The number of nitro groups is 2. The topological polar surface area (TPSA) is 142 Å². The number of carbonyl (C=O) groups excluding carboxylic acids is 1. The van der Waals surface area contributed by atoms with Crippen LogP contribution >= 0.6 is 0 Å². The second kappa shape index (κ2) is 8.93. The van der Waals surface area contributed by atoms with E-state index in [-0.39, 0.29) is 34.0 Å². The van der Waals surface area contributed by atoms with Gasteiger partial charge in [-0.25, -0.2) is 0 Å². The molecule has 0 radical (unpaired) electrons.